The van der Waals surface area contributed by atoms with E-state index in [2.05, 4.69) is 0 Å². The molecule has 2 bridgehead atoms. The first-order valence-electron chi connectivity index (χ1n) is 7.23. The number of likely N-dealkylation sites (tertiary alicyclic amines) is 1. The van der Waals surface area contributed by atoms with Crippen molar-refractivity contribution in [1.29, 1.82) is 0 Å². The molecule has 3 aliphatic rings. The molecule has 20 heavy (non-hydrogen) atoms. The molecule has 0 aromatic carbocycles. The lowest BCUT2D eigenvalue weighted by Crippen LogP contribution is -2.46. The molecular formula is C15H19NO4. The van der Waals surface area contributed by atoms with Crippen LogP contribution in [0.3, 0.4) is 0 Å². The lowest BCUT2D eigenvalue weighted by Gasteiger charge is -2.25. The number of amides is 2. The summed E-state index contributed by atoms with van der Waals surface area (Å²) in [6, 6.07) is -0.755. The molecule has 2 amide bonds. The summed E-state index contributed by atoms with van der Waals surface area (Å²) in [6.45, 7) is 1.92. The summed E-state index contributed by atoms with van der Waals surface area (Å²) in [4.78, 5) is 38.3. The molecule has 5 atom stereocenters. The fourth-order valence-corrected chi connectivity index (χ4v) is 3.99. The Bertz CT molecular complexity index is 468. The summed E-state index contributed by atoms with van der Waals surface area (Å²) < 4.78 is 4.76. The number of carbonyl (C=O) groups is 3. The van der Waals surface area contributed by atoms with Crippen LogP contribution in [0.5, 0.6) is 0 Å². The van der Waals surface area contributed by atoms with Gasteiger partial charge in [-0.05, 0) is 24.7 Å². The lowest BCUT2D eigenvalue weighted by molar-refractivity contribution is -0.157. The molecule has 0 unspecified atom stereocenters. The Morgan fingerprint density at radius 3 is 2.30 bits per heavy atom. The highest BCUT2D eigenvalue weighted by Crippen LogP contribution is 2.53. The fourth-order valence-electron chi connectivity index (χ4n) is 3.99. The number of hydrogen-bond acceptors (Lipinski definition) is 4. The summed E-state index contributed by atoms with van der Waals surface area (Å²) in [5.41, 5.74) is 0. The van der Waals surface area contributed by atoms with E-state index in [1.165, 1.54) is 12.0 Å². The van der Waals surface area contributed by atoms with E-state index in [0.29, 0.717) is 6.42 Å². The SMILES string of the molecule is CCC[C@H](C(=O)OC)N1C(=O)[C@@H]2[C@H](C1=O)[C@H]1C=C[C@H]2C1. The molecule has 5 nitrogen and oxygen atoms in total. The van der Waals surface area contributed by atoms with Gasteiger partial charge < -0.3 is 4.74 Å². The van der Waals surface area contributed by atoms with E-state index in [4.69, 9.17) is 4.74 Å². The van der Waals surface area contributed by atoms with Gasteiger partial charge in [0.1, 0.15) is 6.04 Å². The number of carbonyl (C=O) groups excluding carboxylic acids is 3. The molecule has 0 aromatic rings. The first kappa shape index (κ1) is 13.3. The highest BCUT2D eigenvalue weighted by atomic mass is 16.5. The molecule has 1 saturated heterocycles. The third-order valence-electron chi connectivity index (χ3n) is 4.85. The number of rotatable bonds is 4. The molecule has 2 aliphatic carbocycles. The van der Waals surface area contributed by atoms with Crippen LogP contribution >= 0.6 is 0 Å². The smallest absolute Gasteiger partial charge is 0.329 e. The van der Waals surface area contributed by atoms with Gasteiger partial charge in [0.25, 0.3) is 0 Å². The van der Waals surface area contributed by atoms with Crippen molar-refractivity contribution in [3.63, 3.8) is 0 Å². The van der Waals surface area contributed by atoms with Crippen molar-refractivity contribution in [2.45, 2.75) is 32.2 Å². The zero-order valence-electron chi connectivity index (χ0n) is 11.7. The molecular weight excluding hydrogens is 258 g/mol. The van der Waals surface area contributed by atoms with Gasteiger partial charge in [-0.15, -0.1) is 0 Å². The van der Waals surface area contributed by atoms with E-state index in [9.17, 15) is 14.4 Å². The van der Waals surface area contributed by atoms with E-state index in [0.717, 1.165) is 12.8 Å². The Morgan fingerprint density at radius 2 is 1.85 bits per heavy atom. The van der Waals surface area contributed by atoms with E-state index in [1.54, 1.807) is 0 Å². The molecule has 2 fully saturated rings. The molecule has 108 valence electrons. The van der Waals surface area contributed by atoms with Gasteiger partial charge >= 0.3 is 5.97 Å². The summed E-state index contributed by atoms with van der Waals surface area (Å²) >= 11 is 0. The maximum Gasteiger partial charge on any atom is 0.329 e. The second kappa shape index (κ2) is 4.72. The minimum atomic E-state index is -0.755. The second-order valence-corrected chi connectivity index (χ2v) is 5.87. The van der Waals surface area contributed by atoms with Gasteiger partial charge in [-0.1, -0.05) is 25.5 Å². The van der Waals surface area contributed by atoms with Crippen LogP contribution in [0.4, 0.5) is 0 Å². The van der Waals surface area contributed by atoms with Crippen molar-refractivity contribution in [2.24, 2.45) is 23.7 Å². The standard InChI is InChI=1S/C15H19NO4/c1-3-4-10(15(19)20-2)16-13(17)11-8-5-6-9(7-8)12(11)14(16)18/h5-6,8-12H,3-4,7H2,1-2H3/t8-,9-,10+,11-,12+/m0/s1. The summed E-state index contributed by atoms with van der Waals surface area (Å²) in [7, 11) is 1.29. The highest BCUT2D eigenvalue weighted by molar-refractivity contribution is 6.08. The van der Waals surface area contributed by atoms with Crippen molar-refractivity contribution >= 4 is 17.8 Å². The summed E-state index contributed by atoms with van der Waals surface area (Å²) in [5, 5.41) is 0. The third-order valence-corrected chi connectivity index (χ3v) is 4.85. The Hall–Kier alpha value is -1.65. The number of nitrogens with zero attached hydrogens (tertiary/aromatic N) is 1. The molecule has 0 radical (unpaired) electrons. The largest absolute Gasteiger partial charge is 0.467 e. The van der Waals surface area contributed by atoms with Crippen LogP contribution in [0.15, 0.2) is 12.2 Å². The zero-order chi connectivity index (χ0) is 14.4. The zero-order valence-corrected chi connectivity index (χ0v) is 11.7. The maximum atomic E-state index is 12.6. The molecule has 0 aromatic heterocycles. The Morgan fingerprint density at radius 1 is 1.30 bits per heavy atom. The van der Waals surface area contributed by atoms with Gasteiger partial charge in [0.05, 0.1) is 18.9 Å². The predicted molar refractivity (Wildman–Crippen MR) is 70.3 cm³/mol. The first-order valence-corrected chi connectivity index (χ1v) is 7.23. The van der Waals surface area contributed by atoms with Gasteiger partial charge in [0.15, 0.2) is 0 Å². The third kappa shape index (κ3) is 1.65. The first-order chi connectivity index (χ1) is 9.60. The predicted octanol–water partition coefficient (Wildman–Crippen LogP) is 1.14. The summed E-state index contributed by atoms with van der Waals surface area (Å²) in [6.07, 6.45) is 6.18. The van der Waals surface area contributed by atoms with Crippen molar-refractivity contribution < 1.29 is 19.1 Å². The lowest BCUT2D eigenvalue weighted by atomic mass is 9.85. The van der Waals surface area contributed by atoms with E-state index < -0.39 is 12.0 Å². The fraction of sp³-hybridized carbons (Fsp3) is 0.667. The van der Waals surface area contributed by atoms with Gasteiger partial charge in [-0.25, -0.2) is 4.79 Å². The van der Waals surface area contributed by atoms with Crippen LogP contribution in [-0.2, 0) is 19.1 Å². The normalized spacial score (nSPS) is 35.6. The van der Waals surface area contributed by atoms with Crippen LogP contribution < -0.4 is 0 Å². The van der Waals surface area contributed by atoms with Gasteiger partial charge in [-0.2, -0.15) is 0 Å². The molecule has 3 rings (SSSR count). The quantitative estimate of drug-likeness (QED) is 0.439. The number of ether oxygens (including phenoxy) is 1. The molecule has 0 N–H and O–H groups in total. The van der Waals surface area contributed by atoms with E-state index in [-0.39, 0.29) is 35.5 Å². The van der Waals surface area contributed by atoms with Crippen LogP contribution in [0.1, 0.15) is 26.2 Å². The topological polar surface area (TPSA) is 63.7 Å². The molecule has 0 spiro atoms. The average molecular weight is 277 g/mol. The van der Waals surface area contributed by atoms with Crippen molar-refractivity contribution in [2.75, 3.05) is 7.11 Å². The number of imide groups is 1. The Labute approximate surface area is 117 Å². The number of esters is 1. The highest BCUT2D eigenvalue weighted by Gasteiger charge is 2.61. The minimum absolute atomic E-state index is 0.173. The monoisotopic (exact) mass is 277 g/mol. The van der Waals surface area contributed by atoms with Crippen molar-refractivity contribution in [3.05, 3.63) is 12.2 Å². The van der Waals surface area contributed by atoms with Crippen LogP contribution in [0, 0.1) is 23.7 Å². The van der Waals surface area contributed by atoms with Crippen LogP contribution in [0.25, 0.3) is 0 Å². The van der Waals surface area contributed by atoms with E-state index >= 15 is 0 Å². The van der Waals surface area contributed by atoms with Crippen LogP contribution in [-0.4, -0.2) is 35.8 Å². The average Bonchev–Trinajstić information content (AvgIpc) is 3.11. The molecule has 5 heteroatoms. The van der Waals surface area contributed by atoms with E-state index in [1.807, 2.05) is 19.1 Å². The number of allylic oxidation sites excluding steroid dienone is 2. The number of methoxy groups -OCH3 is 1. The second-order valence-electron chi connectivity index (χ2n) is 5.87. The minimum Gasteiger partial charge on any atom is -0.467 e. The molecule has 1 heterocycles. The maximum absolute atomic E-state index is 12.6. The van der Waals surface area contributed by atoms with Gasteiger partial charge in [-0.3, -0.25) is 14.5 Å². The Balaban J connectivity index is 1.90. The Kier molecular flexibility index (Phi) is 3.15. The summed E-state index contributed by atoms with van der Waals surface area (Å²) in [5.74, 6) is -1.00. The van der Waals surface area contributed by atoms with Crippen molar-refractivity contribution in [1.82, 2.24) is 4.90 Å². The van der Waals surface area contributed by atoms with Gasteiger partial charge in [0.2, 0.25) is 11.8 Å². The number of hydrogen-bond donors (Lipinski definition) is 0. The van der Waals surface area contributed by atoms with Gasteiger partial charge in [0, 0.05) is 0 Å². The van der Waals surface area contributed by atoms with Crippen LogP contribution in [0.2, 0.25) is 0 Å². The molecule has 1 saturated carbocycles. The molecule has 1 aliphatic heterocycles. The van der Waals surface area contributed by atoms with Crippen molar-refractivity contribution in [3.8, 4) is 0 Å². The number of fused-ring (bicyclic) bond motifs is 5.